The first-order valence-electron chi connectivity index (χ1n) is 7.51. The average Bonchev–Trinajstić information content (AvgIpc) is 2.41. The number of ketones is 1. The molecule has 0 spiro atoms. The molecule has 2 N–H and O–H groups in total. The van der Waals surface area contributed by atoms with Crippen LogP contribution in [0, 0.1) is 0 Å². The highest BCUT2D eigenvalue weighted by molar-refractivity contribution is 6.06. The van der Waals surface area contributed by atoms with E-state index in [4.69, 9.17) is 9.47 Å². The molecule has 0 aromatic rings. The number of Topliss-reactive ketones (excluding diaryl/α,β-unsaturated/α-hetero) is 1. The Balaban J connectivity index is 4.76. The Morgan fingerprint density at radius 3 is 2.04 bits per heavy atom. The van der Waals surface area contributed by atoms with Gasteiger partial charge < -0.3 is 20.1 Å². The van der Waals surface area contributed by atoms with E-state index in [1.54, 1.807) is 34.6 Å². The van der Waals surface area contributed by atoms with Gasteiger partial charge in [0.25, 0.3) is 0 Å². The fourth-order valence-corrected chi connectivity index (χ4v) is 1.52. The molecule has 8 nitrogen and oxygen atoms in total. The van der Waals surface area contributed by atoms with E-state index in [2.05, 4.69) is 10.6 Å². The molecule has 0 saturated carbocycles. The Morgan fingerprint density at radius 1 is 1.04 bits per heavy atom. The lowest BCUT2D eigenvalue weighted by molar-refractivity contribution is -0.150. The van der Waals surface area contributed by atoms with Crippen LogP contribution in [0.5, 0.6) is 0 Å². The minimum atomic E-state index is -1.38. The number of hydrogen-bond acceptors (Lipinski definition) is 6. The lowest BCUT2D eigenvalue weighted by Gasteiger charge is -2.22. The molecule has 2 atom stereocenters. The van der Waals surface area contributed by atoms with Gasteiger partial charge in [-0.05, 0) is 34.6 Å². The highest BCUT2D eigenvalue weighted by Gasteiger charge is 2.30. The van der Waals surface area contributed by atoms with E-state index in [0.717, 1.165) is 0 Å². The molecular formula is C15H26N2O6. The summed E-state index contributed by atoms with van der Waals surface area (Å²) < 4.78 is 9.80. The van der Waals surface area contributed by atoms with Gasteiger partial charge in [0.2, 0.25) is 5.91 Å². The van der Waals surface area contributed by atoms with Gasteiger partial charge in [-0.2, -0.15) is 0 Å². The smallest absolute Gasteiger partial charge is 0.408 e. The zero-order valence-electron chi connectivity index (χ0n) is 14.5. The van der Waals surface area contributed by atoms with Crippen molar-refractivity contribution in [3.05, 3.63) is 0 Å². The molecular weight excluding hydrogens is 304 g/mol. The van der Waals surface area contributed by atoms with Crippen LogP contribution in [0.3, 0.4) is 0 Å². The van der Waals surface area contributed by atoms with Crippen LogP contribution in [0.15, 0.2) is 0 Å². The Hall–Kier alpha value is -2.12. The van der Waals surface area contributed by atoms with Crippen LogP contribution in [-0.4, -0.2) is 48.0 Å². The van der Waals surface area contributed by atoms with Crippen LogP contribution in [0.2, 0.25) is 0 Å². The van der Waals surface area contributed by atoms with Gasteiger partial charge >= 0.3 is 12.1 Å². The van der Waals surface area contributed by atoms with Crippen molar-refractivity contribution in [1.29, 1.82) is 0 Å². The number of hydrogen-bond donors (Lipinski definition) is 2. The molecule has 23 heavy (non-hydrogen) atoms. The maximum atomic E-state index is 12.0. The van der Waals surface area contributed by atoms with Crippen molar-refractivity contribution in [1.82, 2.24) is 10.6 Å². The summed E-state index contributed by atoms with van der Waals surface area (Å²) in [6, 6.07) is -2.36. The minimum Gasteiger partial charge on any atom is -0.464 e. The van der Waals surface area contributed by atoms with Gasteiger partial charge in [0, 0.05) is 6.42 Å². The van der Waals surface area contributed by atoms with Crippen molar-refractivity contribution < 1.29 is 28.7 Å². The van der Waals surface area contributed by atoms with Gasteiger partial charge in [0.1, 0.15) is 11.6 Å². The van der Waals surface area contributed by atoms with Gasteiger partial charge in [-0.25, -0.2) is 9.59 Å². The summed E-state index contributed by atoms with van der Waals surface area (Å²) >= 11 is 0. The van der Waals surface area contributed by atoms with Crippen LogP contribution >= 0.6 is 0 Å². The molecule has 0 aliphatic heterocycles. The van der Waals surface area contributed by atoms with Crippen LogP contribution < -0.4 is 10.6 Å². The molecule has 0 radical (unpaired) electrons. The number of alkyl carbamates (subject to hydrolysis) is 1. The van der Waals surface area contributed by atoms with Crippen molar-refractivity contribution in [2.75, 3.05) is 6.61 Å². The van der Waals surface area contributed by atoms with E-state index in [1.807, 2.05) is 0 Å². The molecule has 0 aliphatic carbocycles. The summed E-state index contributed by atoms with van der Waals surface area (Å²) in [5.41, 5.74) is -0.702. The topological polar surface area (TPSA) is 111 Å². The first-order valence-corrected chi connectivity index (χ1v) is 7.51. The highest BCUT2D eigenvalue weighted by Crippen LogP contribution is 2.06. The number of amides is 2. The Bertz CT molecular complexity index is 455. The van der Waals surface area contributed by atoms with Gasteiger partial charge in [-0.15, -0.1) is 0 Å². The molecule has 8 heteroatoms. The third-order valence-corrected chi connectivity index (χ3v) is 2.61. The molecule has 0 rings (SSSR count). The molecule has 0 bridgehead atoms. The molecule has 0 heterocycles. The normalized spacial score (nSPS) is 13.5. The molecule has 1 unspecified atom stereocenters. The zero-order valence-corrected chi connectivity index (χ0v) is 14.5. The quantitative estimate of drug-likeness (QED) is 0.530. The van der Waals surface area contributed by atoms with Crippen molar-refractivity contribution in [3.63, 3.8) is 0 Å². The number of rotatable bonds is 7. The molecule has 0 fully saturated rings. The van der Waals surface area contributed by atoms with E-state index in [9.17, 15) is 19.2 Å². The molecule has 0 aromatic heterocycles. The highest BCUT2D eigenvalue weighted by atomic mass is 16.6. The van der Waals surface area contributed by atoms with Crippen molar-refractivity contribution in [2.24, 2.45) is 0 Å². The summed E-state index contributed by atoms with van der Waals surface area (Å²) in [5.74, 6) is -1.98. The predicted molar refractivity (Wildman–Crippen MR) is 82.7 cm³/mol. The number of carbonyl (C=O) groups is 4. The van der Waals surface area contributed by atoms with Crippen LogP contribution in [-0.2, 0) is 23.9 Å². The fourth-order valence-electron chi connectivity index (χ4n) is 1.52. The van der Waals surface area contributed by atoms with Crippen molar-refractivity contribution >= 4 is 23.8 Å². The third-order valence-electron chi connectivity index (χ3n) is 2.61. The largest absolute Gasteiger partial charge is 0.464 e. The van der Waals surface area contributed by atoms with E-state index >= 15 is 0 Å². The SMILES string of the molecule is CCOC(=O)C(NC(=O)[C@H](C)NC(=O)OC(C)(C)C)C(=O)CC. The molecule has 0 saturated heterocycles. The molecule has 0 aliphatic rings. The average molecular weight is 330 g/mol. The summed E-state index contributed by atoms with van der Waals surface area (Å²) in [6.45, 7) is 9.74. The standard InChI is InChI=1S/C15H26N2O6/c1-7-10(18)11(13(20)22-8-2)17-12(19)9(3)16-14(21)23-15(4,5)6/h9,11H,7-8H2,1-6H3,(H,16,21)(H,17,19)/t9-,11?/m0/s1. The van der Waals surface area contributed by atoms with Gasteiger partial charge in [-0.1, -0.05) is 6.92 Å². The van der Waals surface area contributed by atoms with E-state index in [-0.39, 0.29) is 13.0 Å². The van der Waals surface area contributed by atoms with Gasteiger partial charge in [0.15, 0.2) is 11.8 Å². The lowest BCUT2D eigenvalue weighted by Crippen LogP contribution is -2.53. The molecule has 132 valence electrons. The van der Waals surface area contributed by atoms with Crippen LogP contribution in [0.4, 0.5) is 4.79 Å². The summed E-state index contributed by atoms with van der Waals surface area (Å²) in [5, 5.41) is 4.62. The van der Waals surface area contributed by atoms with E-state index < -0.39 is 41.4 Å². The lowest BCUT2D eigenvalue weighted by atomic mass is 10.1. The first-order chi connectivity index (χ1) is 10.5. The number of ether oxygens (including phenoxy) is 2. The van der Waals surface area contributed by atoms with E-state index in [0.29, 0.717) is 0 Å². The summed E-state index contributed by atoms with van der Waals surface area (Å²) in [4.78, 5) is 47.2. The maximum Gasteiger partial charge on any atom is 0.408 e. The second-order valence-electron chi connectivity index (χ2n) is 5.88. The molecule has 2 amide bonds. The summed E-state index contributed by atoms with van der Waals surface area (Å²) in [6.07, 6.45) is -0.702. The zero-order chi connectivity index (χ0) is 18.2. The second kappa shape index (κ2) is 9.12. The van der Waals surface area contributed by atoms with Crippen LogP contribution in [0.25, 0.3) is 0 Å². The second-order valence-corrected chi connectivity index (χ2v) is 5.88. The number of carbonyl (C=O) groups excluding carboxylic acids is 4. The maximum absolute atomic E-state index is 12.0. The fraction of sp³-hybridized carbons (Fsp3) is 0.733. The van der Waals surface area contributed by atoms with Crippen molar-refractivity contribution in [3.8, 4) is 0 Å². The number of nitrogens with one attached hydrogen (secondary N) is 2. The predicted octanol–water partition coefficient (Wildman–Crippen LogP) is 0.927. The van der Waals surface area contributed by atoms with Crippen molar-refractivity contribution in [2.45, 2.75) is 65.6 Å². The third kappa shape index (κ3) is 8.18. The van der Waals surface area contributed by atoms with Gasteiger partial charge in [0.05, 0.1) is 6.61 Å². The molecule has 0 aromatic carbocycles. The Labute approximate surface area is 136 Å². The Morgan fingerprint density at radius 2 is 1.61 bits per heavy atom. The number of esters is 1. The first kappa shape index (κ1) is 20.9. The Kier molecular flexibility index (Phi) is 8.28. The van der Waals surface area contributed by atoms with E-state index in [1.165, 1.54) is 6.92 Å². The minimum absolute atomic E-state index is 0.0671. The van der Waals surface area contributed by atoms with Gasteiger partial charge in [-0.3, -0.25) is 9.59 Å². The summed E-state index contributed by atoms with van der Waals surface area (Å²) in [7, 11) is 0. The van der Waals surface area contributed by atoms with Crippen LogP contribution in [0.1, 0.15) is 48.0 Å². The monoisotopic (exact) mass is 330 g/mol.